The Kier molecular flexibility index (Phi) is 4.24. The molecule has 0 bridgehead atoms. The van der Waals surface area contributed by atoms with Gasteiger partial charge in [0.2, 0.25) is 0 Å². The Morgan fingerprint density at radius 3 is 2.79 bits per heavy atom. The summed E-state index contributed by atoms with van der Waals surface area (Å²) in [5.74, 6) is 0. The molecule has 14 heavy (non-hydrogen) atoms. The van der Waals surface area contributed by atoms with Crippen molar-refractivity contribution in [3.8, 4) is 6.13 Å². The molecule has 1 rings (SSSR count). The molecule has 1 atom stereocenters. The van der Waals surface area contributed by atoms with E-state index in [1.54, 1.807) is 0 Å². The number of hydrogen-bond donors (Lipinski definition) is 0. The quantitative estimate of drug-likeness (QED) is 0.740. The van der Waals surface area contributed by atoms with E-state index < -0.39 is 0 Å². The molecule has 0 saturated carbocycles. The van der Waals surface area contributed by atoms with Crippen LogP contribution in [0.2, 0.25) is 0 Å². The summed E-state index contributed by atoms with van der Waals surface area (Å²) < 4.78 is 2.05. The molecule has 1 aromatic rings. The molecule has 1 unspecified atom stereocenters. The number of imidazole rings is 1. The van der Waals surface area contributed by atoms with Crippen molar-refractivity contribution < 1.29 is 0 Å². The maximum atomic E-state index is 5.79. The van der Waals surface area contributed by atoms with Gasteiger partial charge < -0.3 is 0 Å². The fourth-order valence-corrected chi connectivity index (χ4v) is 3.76. The molecular formula is C9H12N2P3+. The van der Waals surface area contributed by atoms with Gasteiger partial charge in [-0.25, -0.2) is 0 Å². The van der Waals surface area contributed by atoms with Crippen LogP contribution < -0.4 is 0 Å². The molecular weight excluding hydrogens is 229 g/mol. The molecule has 0 radical (unpaired) electrons. The van der Waals surface area contributed by atoms with Gasteiger partial charge in [0.05, 0.1) is 0 Å². The SMILES string of the molecule is C#[P+]C(CP=C)(P=C)n1cnc(C)c1. The van der Waals surface area contributed by atoms with Gasteiger partial charge in [-0.1, -0.05) is 0 Å². The van der Waals surface area contributed by atoms with Gasteiger partial charge >= 0.3 is 89.0 Å². The van der Waals surface area contributed by atoms with Gasteiger partial charge in [-0.2, -0.15) is 0 Å². The van der Waals surface area contributed by atoms with Gasteiger partial charge in [-0.3, -0.25) is 0 Å². The van der Waals surface area contributed by atoms with Crippen LogP contribution >= 0.6 is 24.4 Å². The van der Waals surface area contributed by atoms with Crippen LogP contribution in [0.3, 0.4) is 0 Å². The molecule has 2 nitrogen and oxygen atoms in total. The minimum absolute atomic E-state index is 0.162. The maximum absolute atomic E-state index is 5.79. The molecule has 0 amide bonds. The molecule has 1 aromatic heterocycles. The second kappa shape index (κ2) is 5.01. The van der Waals surface area contributed by atoms with E-state index in [1.807, 2.05) is 19.4 Å². The summed E-state index contributed by atoms with van der Waals surface area (Å²) in [6, 6.07) is 0. The van der Waals surface area contributed by atoms with E-state index in [0.29, 0.717) is 0 Å². The summed E-state index contributed by atoms with van der Waals surface area (Å²) in [6.45, 7) is 1.97. The summed E-state index contributed by atoms with van der Waals surface area (Å²) in [5, 5.41) is -0.162. The molecule has 0 spiro atoms. The zero-order valence-corrected chi connectivity index (χ0v) is 10.8. The third-order valence-electron chi connectivity index (χ3n) is 1.91. The first-order chi connectivity index (χ1) is 6.68. The van der Waals surface area contributed by atoms with Crippen LogP contribution in [0.1, 0.15) is 5.69 Å². The molecule has 0 N–H and O–H groups in total. The van der Waals surface area contributed by atoms with Gasteiger partial charge in [-0.05, 0) is 0 Å². The van der Waals surface area contributed by atoms with E-state index in [4.69, 9.17) is 6.13 Å². The molecule has 5 heteroatoms. The van der Waals surface area contributed by atoms with Crippen LogP contribution in [0.4, 0.5) is 0 Å². The van der Waals surface area contributed by atoms with Gasteiger partial charge in [0.15, 0.2) is 0 Å². The van der Waals surface area contributed by atoms with Crippen LogP contribution in [-0.2, 0) is 5.02 Å². The van der Waals surface area contributed by atoms with E-state index in [0.717, 1.165) is 36.3 Å². The summed E-state index contributed by atoms with van der Waals surface area (Å²) in [7, 11) is 2.89. The average Bonchev–Trinajstić information content (AvgIpc) is 2.62. The molecule has 1 heterocycles. The molecule has 0 aliphatic rings. The van der Waals surface area contributed by atoms with E-state index in [1.165, 1.54) is 0 Å². The molecule has 0 aliphatic heterocycles. The van der Waals surface area contributed by atoms with Crippen molar-refractivity contribution in [2.24, 2.45) is 0 Å². The van der Waals surface area contributed by atoms with Crippen molar-refractivity contribution in [3.05, 3.63) is 18.2 Å². The van der Waals surface area contributed by atoms with Gasteiger partial charge in [0.25, 0.3) is 0 Å². The van der Waals surface area contributed by atoms with Crippen molar-refractivity contribution in [1.82, 2.24) is 9.55 Å². The zero-order valence-electron chi connectivity index (χ0n) is 8.09. The second-order valence-electron chi connectivity index (χ2n) is 2.87. The summed E-state index contributed by atoms with van der Waals surface area (Å²) in [6.07, 6.45) is 18.3. The van der Waals surface area contributed by atoms with E-state index in [-0.39, 0.29) is 5.02 Å². The number of rotatable bonds is 4. The molecule has 0 saturated heterocycles. The Bertz CT molecular complexity index is 391. The molecule has 0 aromatic carbocycles. The fourth-order valence-electron chi connectivity index (χ4n) is 1.13. The molecule has 72 valence electrons. The number of hydrogen-bond acceptors (Lipinski definition) is 1. The van der Waals surface area contributed by atoms with E-state index in [9.17, 15) is 0 Å². The Morgan fingerprint density at radius 2 is 2.43 bits per heavy atom. The first-order valence-corrected chi connectivity index (χ1v) is 7.33. The third-order valence-corrected chi connectivity index (χ3v) is 5.56. The number of nitrogens with zero attached hydrogens (tertiary/aromatic N) is 2. The van der Waals surface area contributed by atoms with Crippen molar-refractivity contribution in [2.45, 2.75) is 11.9 Å². The van der Waals surface area contributed by atoms with Crippen molar-refractivity contribution in [3.63, 3.8) is 0 Å². The van der Waals surface area contributed by atoms with Crippen LogP contribution in [0, 0.1) is 13.1 Å². The predicted octanol–water partition coefficient (Wildman–Crippen LogP) is 3.09. The Labute approximate surface area is 89.4 Å². The van der Waals surface area contributed by atoms with Crippen molar-refractivity contribution in [2.75, 3.05) is 6.16 Å². The van der Waals surface area contributed by atoms with Gasteiger partial charge in [0, 0.05) is 0 Å². The van der Waals surface area contributed by atoms with E-state index >= 15 is 0 Å². The molecule has 0 fully saturated rings. The van der Waals surface area contributed by atoms with Gasteiger partial charge in [-0.15, -0.1) is 0 Å². The predicted molar refractivity (Wildman–Crippen MR) is 69.8 cm³/mol. The summed E-state index contributed by atoms with van der Waals surface area (Å²) >= 11 is 0. The average molecular weight is 241 g/mol. The van der Waals surface area contributed by atoms with Crippen LogP contribution in [0.25, 0.3) is 0 Å². The summed E-state index contributed by atoms with van der Waals surface area (Å²) in [4.78, 5) is 4.21. The van der Waals surface area contributed by atoms with Crippen LogP contribution in [0.5, 0.6) is 0 Å². The Hall–Kier alpha value is -0.240. The number of aromatic nitrogens is 2. The monoisotopic (exact) mass is 241 g/mol. The molecule has 0 aliphatic carbocycles. The summed E-state index contributed by atoms with van der Waals surface area (Å²) in [5.41, 5.74) is 1.00. The Morgan fingerprint density at radius 1 is 1.71 bits per heavy atom. The Balaban J connectivity index is 3.17. The fraction of sp³-hybridized carbons (Fsp3) is 0.333. The normalized spacial score (nSPS) is 15.4. The zero-order chi connectivity index (χ0) is 10.6. The third kappa shape index (κ3) is 2.22. The number of aryl methyl sites for hydroxylation is 1. The van der Waals surface area contributed by atoms with Crippen LogP contribution in [0.15, 0.2) is 12.5 Å². The van der Waals surface area contributed by atoms with Gasteiger partial charge in [0.1, 0.15) is 0 Å². The van der Waals surface area contributed by atoms with Crippen molar-refractivity contribution >= 4 is 37.0 Å². The first kappa shape index (κ1) is 11.8. The topological polar surface area (TPSA) is 17.8 Å². The van der Waals surface area contributed by atoms with E-state index in [2.05, 4.69) is 22.1 Å². The first-order valence-electron chi connectivity index (χ1n) is 4.02. The second-order valence-corrected chi connectivity index (χ2v) is 6.04. The minimum atomic E-state index is -0.162. The van der Waals surface area contributed by atoms with Crippen LogP contribution in [-0.4, -0.2) is 28.3 Å². The van der Waals surface area contributed by atoms with Crippen molar-refractivity contribution in [1.29, 1.82) is 0 Å². The standard InChI is InChI=1S/C9H12N2P3/c1-8-5-11(7-10-8)9(13-3,14-4)6-12-2/h3,5,7H,2,4,6H2,1H3/q+1.